The van der Waals surface area contributed by atoms with Crippen molar-refractivity contribution < 1.29 is 9.18 Å². The number of amides is 1. The van der Waals surface area contributed by atoms with Gasteiger partial charge in [0.1, 0.15) is 4.99 Å². The SMILES string of the molecule is Cc1ccc(C(N)=S)cc1NC(=O)c1cccc(Cl)c1F. The van der Waals surface area contributed by atoms with Gasteiger partial charge in [-0.2, -0.15) is 0 Å². The molecule has 0 spiro atoms. The van der Waals surface area contributed by atoms with E-state index in [1.165, 1.54) is 18.2 Å². The van der Waals surface area contributed by atoms with Gasteiger partial charge in [0.05, 0.1) is 10.6 Å². The standard InChI is InChI=1S/C15H12ClFN2OS/c1-8-5-6-9(14(18)21)7-12(8)19-15(20)10-3-2-4-11(16)13(10)17/h2-7H,1H3,(H2,18,21)(H,19,20). The number of thiocarbonyl (C=S) groups is 1. The first-order valence-corrected chi connectivity index (χ1v) is 6.84. The minimum Gasteiger partial charge on any atom is -0.389 e. The third kappa shape index (κ3) is 3.37. The predicted molar refractivity (Wildman–Crippen MR) is 86.4 cm³/mol. The maximum absolute atomic E-state index is 13.8. The highest BCUT2D eigenvalue weighted by molar-refractivity contribution is 7.80. The van der Waals surface area contributed by atoms with E-state index >= 15 is 0 Å². The van der Waals surface area contributed by atoms with Crippen LogP contribution in [0.4, 0.5) is 10.1 Å². The first-order valence-electron chi connectivity index (χ1n) is 6.06. The number of benzene rings is 2. The molecule has 0 aliphatic carbocycles. The number of hydrogen-bond acceptors (Lipinski definition) is 2. The van der Waals surface area contributed by atoms with Gasteiger partial charge in [-0.1, -0.05) is 42.0 Å². The number of carbonyl (C=O) groups excluding carboxylic acids is 1. The zero-order chi connectivity index (χ0) is 15.6. The van der Waals surface area contributed by atoms with Crippen molar-refractivity contribution in [2.45, 2.75) is 6.92 Å². The third-order valence-corrected chi connectivity index (χ3v) is 3.49. The molecule has 0 atom stereocenters. The summed E-state index contributed by atoms with van der Waals surface area (Å²) in [4.78, 5) is 12.4. The lowest BCUT2D eigenvalue weighted by atomic mass is 10.1. The Balaban J connectivity index is 2.33. The Kier molecular flexibility index (Phi) is 4.55. The Bertz CT molecular complexity index is 734. The highest BCUT2D eigenvalue weighted by Gasteiger charge is 2.15. The first-order chi connectivity index (χ1) is 9.90. The molecule has 3 N–H and O–H groups in total. The van der Waals surface area contributed by atoms with Crippen LogP contribution in [0.15, 0.2) is 36.4 Å². The Morgan fingerprint density at radius 1 is 1.33 bits per heavy atom. The molecule has 2 rings (SSSR count). The van der Waals surface area contributed by atoms with Crippen LogP contribution in [0.3, 0.4) is 0 Å². The maximum Gasteiger partial charge on any atom is 0.258 e. The van der Waals surface area contributed by atoms with Crippen molar-refractivity contribution in [2.24, 2.45) is 5.73 Å². The smallest absolute Gasteiger partial charge is 0.258 e. The fraction of sp³-hybridized carbons (Fsp3) is 0.0667. The first kappa shape index (κ1) is 15.4. The molecule has 0 heterocycles. The van der Waals surface area contributed by atoms with Crippen molar-refractivity contribution in [1.82, 2.24) is 0 Å². The van der Waals surface area contributed by atoms with E-state index in [0.717, 1.165) is 5.56 Å². The quantitative estimate of drug-likeness (QED) is 0.848. The van der Waals surface area contributed by atoms with Crippen molar-refractivity contribution in [3.05, 3.63) is 63.9 Å². The molecule has 0 bridgehead atoms. The Labute approximate surface area is 131 Å². The summed E-state index contributed by atoms with van der Waals surface area (Å²) in [6.07, 6.45) is 0. The van der Waals surface area contributed by atoms with Crippen LogP contribution in [0, 0.1) is 12.7 Å². The molecule has 108 valence electrons. The van der Waals surface area contributed by atoms with Crippen molar-refractivity contribution in [3.8, 4) is 0 Å². The van der Waals surface area contributed by atoms with Crippen LogP contribution in [0.2, 0.25) is 5.02 Å². The van der Waals surface area contributed by atoms with Crippen molar-refractivity contribution in [1.29, 1.82) is 0 Å². The minimum absolute atomic E-state index is 0.101. The number of anilines is 1. The second-order valence-corrected chi connectivity index (χ2v) is 5.30. The molecule has 0 fully saturated rings. The zero-order valence-electron chi connectivity index (χ0n) is 11.1. The Morgan fingerprint density at radius 3 is 2.71 bits per heavy atom. The number of nitrogens with one attached hydrogen (secondary N) is 1. The molecular formula is C15H12ClFN2OS. The summed E-state index contributed by atoms with van der Waals surface area (Å²) in [6.45, 7) is 1.81. The predicted octanol–water partition coefficient (Wildman–Crippen LogP) is 3.67. The van der Waals surface area contributed by atoms with Gasteiger partial charge in [-0.3, -0.25) is 4.79 Å². The van der Waals surface area contributed by atoms with Crippen LogP contribution in [0.25, 0.3) is 0 Å². The molecule has 0 saturated heterocycles. The lowest BCUT2D eigenvalue weighted by Gasteiger charge is -2.11. The van der Waals surface area contributed by atoms with Gasteiger partial charge in [0, 0.05) is 11.3 Å². The van der Waals surface area contributed by atoms with E-state index in [1.807, 2.05) is 6.92 Å². The average molecular weight is 323 g/mol. The average Bonchev–Trinajstić information content (AvgIpc) is 2.43. The minimum atomic E-state index is -0.750. The lowest BCUT2D eigenvalue weighted by Crippen LogP contribution is -2.16. The Hall–Kier alpha value is -1.98. The number of carbonyl (C=O) groups is 1. The van der Waals surface area contributed by atoms with Crippen LogP contribution in [-0.4, -0.2) is 10.9 Å². The molecule has 0 aliphatic heterocycles. The molecule has 3 nitrogen and oxygen atoms in total. The molecule has 2 aromatic carbocycles. The second-order valence-electron chi connectivity index (χ2n) is 4.45. The molecule has 0 aliphatic rings. The second kappa shape index (κ2) is 6.20. The van der Waals surface area contributed by atoms with Crippen LogP contribution in [0.1, 0.15) is 21.5 Å². The molecule has 21 heavy (non-hydrogen) atoms. The number of halogens is 2. The van der Waals surface area contributed by atoms with Gasteiger partial charge in [-0.25, -0.2) is 4.39 Å². The largest absolute Gasteiger partial charge is 0.389 e. The van der Waals surface area contributed by atoms with Crippen LogP contribution in [0.5, 0.6) is 0 Å². The Morgan fingerprint density at radius 2 is 2.05 bits per heavy atom. The summed E-state index contributed by atoms with van der Waals surface area (Å²) >= 11 is 10.6. The highest BCUT2D eigenvalue weighted by Crippen LogP contribution is 2.21. The van der Waals surface area contributed by atoms with Gasteiger partial charge in [-0.05, 0) is 30.7 Å². The monoisotopic (exact) mass is 322 g/mol. The molecule has 0 saturated carbocycles. The molecule has 0 aromatic heterocycles. The van der Waals surface area contributed by atoms with Gasteiger partial charge in [0.25, 0.3) is 5.91 Å². The fourth-order valence-electron chi connectivity index (χ4n) is 1.78. The summed E-state index contributed by atoms with van der Waals surface area (Å²) in [5, 5.41) is 2.54. The lowest BCUT2D eigenvalue weighted by molar-refractivity contribution is 0.102. The van der Waals surface area contributed by atoms with E-state index in [0.29, 0.717) is 11.3 Å². The van der Waals surface area contributed by atoms with Crippen LogP contribution in [-0.2, 0) is 0 Å². The number of nitrogens with two attached hydrogens (primary N) is 1. The van der Waals surface area contributed by atoms with E-state index in [-0.39, 0.29) is 15.6 Å². The van der Waals surface area contributed by atoms with Gasteiger partial charge < -0.3 is 11.1 Å². The van der Waals surface area contributed by atoms with E-state index in [2.05, 4.69) is 5.32 Å². The summed E-state index contributed by atoms with van der Waals surface area (Å²) < 4.78 is 13.8. The van der Waals surface area contributed by atoms with Gasteiger partial charge in [0.2, 0.25) is 0 Å². The van der Waals surface area contributed by atoms with E-state index in [4.69, 9.17) is 29.6 Å². The summed E-state index contributed by atoms with van der Waals surface area (Å²) in [6, 6.07) is 9.44. The van der Waals surface area contributed by atoms with Gasteiger partial charge in [-0.15, -0.1) is 0 Å². The maximum atomic E-state index is 13.8. The summed E-state index contributed by atoms with van der Waals surface area (Å²) in [5.41, 5.74) is 7.39. The van der Waals surface area contributed by atoms with Crippen LogP contribution < -0.4 is 11.1 Å². The molecule has 2 aromatic rings. The molecular weight excluding hydrogens is 311 g/mol. The van der Waals surface area contributed by atoms with Crippen molar-refractivity contribution in [2.75, 3.05) is 5.32 Å². The number of aryl methyl sites for hydroxylation is 1. The summed E-state index contributed by atoms with van der Waals surface area (Å²) in [5.74, 6) is -1.34. The van der Waals surface area contributed by atoms with Crippen molar-refractivity contribution in [3.63, 3.8) is 0 Å². The number of rotatable bonds is 3. The third-order valence-electron chi connectivity index (χ3n) is 2.97. The van der Waals surface area contributed by atoms with Gasteiger partial charge >= 0.3 is 0 Å². The number of hydrogen-bond donors (Lipinski definition) is 2. The topological polar surface area (TPSA) is 55.1 Å². The van der Waals surface area contributed by atoms with E-state index in [9.17, 15) is 9.18 Å². The molecule has 0 radical (unpaired) electrons. The molecule has 0 unspecified atom stereocenters. The molecule has 1 amide bonds. The van der Waals surface area contributed by atoms with Gasteiger partial charge in [0.15, 0.2) is 5.82 Å². The normalized spacial score (nSPS) is 10.2. The fourth-order valence-corrected chi connectivity index (χ4v) is 2.08. The van der Waals surface area contributed by atoms with E-state index < -0.39 is 11.7 Å². The molecule has 6 heteroatoms. The highest BCUT2D eigenvalue weighted by atomic mass is 35.5. The zero-order valence-corrected chi connectivity index (χ0v) is 12.7. The van der Waals surface area contributed by atoms with Crippen LogP contribution >= 0.6 is 23.8 Å². The summed E-state index contributed by atoms with van der Waals surface area (Å²) in [7, 11) is 0. The van der Waals surface area contributed by atoms with E-state index in [1.54, 1.807) is 18.2 Å². The van der Waals surface area contributed by atoms with Crippen molar-refractivity contribution >= 4 is 40.4 Å².